The van der Waals surface area contributed by atoms with Crippen LogP contribution in [0.15, 0.2) is 133 Å². The van der Waals surface area contributed by atoms with E-state index in [1.165, 1.54) is 121 Å². The molecule has 0 bridgehead atoms. The van der Waals surface area contributed by atoms with Gasteiger partial charge >= 0.3 is 24.3 Å². The van der Waals surface area contributed by atoms with E-state index in [-0.39, 0.29) is 71.4 Å². The number of hydrogen-bond acceptors (Lipinski definition) is 12. The number of benzene rings is 5. The molecule has 5 aromatic carbocycles. The smallest absolute Gasteiger partial charge is 0.389 e. The van der Waals surface area contributed by atoms with E-state index in [9.17, 15) is 65.8 Å². The Morgan fingerprint density at radius 1 is 0.574 bits per heavy atom. The maximum Gasteiger partial charge on any atom is 0.389 e. The van der Waals surface area contributed by atoms with Crippen molar-refractivity contribution >= 4 is 41.3 Å². The lowest BCUT2D eigenvalue weighted by Crippen LogP contribution is -2.44. The van der Waals surface area contributed by atoms with Gasteiger partial charge < -0.3 is 29.2 Å². The average molecular weight is 950 g/mol. The fourth-order valence-corrected chi connectivity index (χ4v) is 6.17. The molecule has 0 aliphatic heterocycles. The zero-order chi connectivity index (χ0) is 49.5. The van der Waals surface area contributed by atoms with Gasteiger partial charge in [0.05, 0.1) is 35.2 Å². The monoisotopic (exact) mass is 949 g/mol. The van der Waals surface area contributed by atoms with Crippen LogP contribution in [0.5, 0.6) is 23.0 Å². The molecule has 1 unspecified atom stereocenters. The quantitative estimate of drug-likeness (QED) is 0.00978. The van der Waals surface area contributed by atoms with E-state index in [1.807, 2.05) is 0 Å². The van der Waals surface area contributed by atoms with Gasteiger partial charge in [-0.05, 0) is 114 Å². The highest BCUT2D eigenvalue weighted by molar-refractivity contribution is 6.01. The number of nitrogens with zero attached hydrogens (tertiary/aromatic N) is 1. The number of aliphatic hydroxyl groups is 2. The Labute approximate surface area is 384 Å². The van der Waals surface area contributed by atoms with Crippen molar-refractivity contribution in [2.45, 2.75) is 56.2 Å². The minimum absolute atomic E-state index is 0.0210. The molecule has 0 aliphatic rings. The van der Waals surface area contributed by atoms with E-state index in [0.29, 0.717) is 11.1 Å². The Kier molecular flexibility index (Phi) is 17.5. The molecule has 0 amide bonds. The highest BCUT2D eigenvalue weighted by atomic mass is 19.4. The van der Waals surface area contributed by atoms with Crippen molar-refractivity contribution < 1.29 is 79.6 Å². The lowest BCUT2D eigenvalue weighted by Gasteiger charge is -2.29. The summed E-state index contributed by atoms with van der Waals surface area (Å²) in [4.78, 5) is 62.6. The van der Waals surface area contributed by atoms with Crippen LogP contribution in [0.4, 0.5) is 32.0 Å². The lowest BCUT2D eigenvalue weighted by atomic mass is 9.83. The number of non-ortho nitro benzene ring substituents is 1. The van der Waals surface area contributed by atoms with Crippen LogP contribution in [-0.2, 0) is 9.59 Å². The van der Waals surface area contributed by atoms with Crippen molar-refractivity contribution in [3.63, 3.8) is 0 Å². The molecular weight excluding hydrogens is 909 g/mol. The number of ether oxygens (including phenoxy) is 4. The predicted molar refractivity (Wildman–Crippen MR) is 233 cm³/mol. The molecule has 0 saturated carbocycles. The molecule has 2 N–H and O–H groups in total. The number of nitro benzene ring substituents is 1. The number of halogens is 6. The third-order valence-electron chi connectivity index (χ3n) is 9.76. The maximum atomic E-state index is 13.4. The number of nitro groups is 1. The first-order valence-electron chi connectivity index (χ1n) is 20.5. The molecule has 68 heavy (non-hydrogen) atoms. The van der Waals surface area contributed by atoms with Crippen LogP contribution < -0.4 is 18.9 Å². The first-order valence-corrected chi connectivity index (χ1v) is 20.5. The second kappa shape index (κ2) is 23.2. The summed E-state index contributed by atoms with van der Waals surface area (Å²) in [7, 11) is 0. The molecule has 19 heteroatoms. The van der Waals surface area contributed by atoms with Gasteiger partial charge in [0.1, 0.15) is 23.0 Å². The first-order chi connectivity index (χ1) is 32.1. The highest BCUT2D eigenvalue weighted by Gasteiger charge is 2.42. The number of alkyl halides is 6. The van der Waals surface area contributed by atoms with Crippen molar-refractivity contribution in [2.75, 3.05) is 13.2 Å². The molecule has 5 rings (SSSR count). The standard InChI is InChI=1S/C49H41F6NO12/c50-47(51,52)27-1-29-65-39-22-11-35(12-23-39)45(59)67-41-18-4-32(5-19-41)3-17-38(57)31-43(34-9-15-37(16-10-34)56(63)64)49(61,62)44(58)26-8-33-6-20-42(21-7-33)68-46(60)36-13-24-40(25-14-36)66-30-2-28-48(53,54)55/h3-26,43,61-62H,1-2,27-31H2/b17-3+,26-8+. The van der Waals surface area contributed by atoms with Crippen LogP contribution >= 0.6 is 0 Å². The minimum atomic E-state index is -4.29. The van der Waals surface area contributed by atoms with E-state index in [0.717, 1.165) is 24.3 Å². The maximum absolute atomic E-state index is 13.4. The fraction of sp³-hybridized carbons (Fsp3) is 0.224. The average Bonchev–Trinajstić information content (AvgIpc) is 3.30. The summed E-state index contributed by atoms with van der Waals surface area (Å²) in [5, 5.41) is 33.8. The molecule has 0 saturated heterocycles. The van der Waals surface area contributed by atoms with Gasteiger partial charge in [-0.15, -0.1) is 0 Å². The highest BCUT2D eigenvalue weighted by Crippen LogP contribution is 2.33. The van der Waals surface area contributed by atoms with Crippen molar-refractivity contribution in [3.05, 3.63) is 171 Å². The molecule has 0 fully saturated rings. The molecule has 0 spiro atoms. The van der Waals surface area contributed by atoms with Gasteiger partial charge in [-0.1, -0.05) is 48.6 Å². The van der Waals surface area contributed by atoms with Crippen LogP contribution in [-0.4, -0.2) is 70.0 Å². The fourth-order valence-electron chi connectivity index (χ4n) is 6.17. The van der Waals surface area contributed by atoms with Gasteiger partial charge in [0.2, 0.25) is 11.6 Å². The Hall–Kier alpha value is -7.64. The Morgan fingerprint density at radius 2 is 0.971 bits per heavy atom. The van der Waals surface area contributed by atoms with Crippen LogP contribution in [0.1, 0.15) is 75.4 Å². The van der Waals surface area contributed by atoms with Gasteiger partial charge in [-0.3, -0.25) is 19.7 Å². The molecule has 13 nitrogen and oxygen atoms in total. The number of carbonyl (C=O) groups excluding carboxylic acids is 4. The first kappa shape index (κ1) is 51.3. The van der Waals surface area contributed by atoms with E-state index in [4.69, 9.17) is 18.9 Å². The van der Waals surface area contributed by atoms with Crippen LogP contribution in [0.3, 0.4) is 0 Å². The van der Waals surface area contributed by atoms with E-state index < -0.39 is 71.7 Å². The molecule has 5 aromatic rings. The largest absolute Gasteiger partial charge is 0.494 e. The molecule has 0 aliphatic carbocycles. The molecule has 0 heterocycles. The van der Waals surface area contributed by atoms with Crippen molar-refractivity contribution in [1.29, 1.82) is 0 Å². The topological polar surface area (TPSA) is 189 Å². The van der Waals surface area contributed by atoms with E-state index in [1.54, 1.807) is 0 Å². The van der Waals surface area contributed by atoms with Gasteiger partial charge in [0, 0.05) is 31.4 Å². The summed E-state index contributed by atoms with van der Waals surface area (Å²) < 4.78 is 95.3. The summed E-state index contributed by atoms with van der Waals surface area (Å²) in [5.41, 5.74) is 0.765. The normalized spacial score (nSPS) is 12.4. The summed E-state index contributed by atoms with van der Waals surface area (Å²) >= 11 is 0. The number of hydrogen-bond donors (Lipinski definition) is 2. The summed E-state index contributed by atoms with van der Waals surface area (Å²) in [6.45, 7) is -0.328. The van der Waals surface area contributed by atoms with Gasteiger partial charge in [0.25, 0.3) is 5.69 Å². The Balaban J connectivity index is 1.17. The third kappa shape index (κ3) is 16.4. The number of esters is 2. The summed E-state index contributed by atoms with van der Waals surface area (Å²) in [6.07, 6.45) is -7.07. The predicted octanol–water partition coefficient (Wildman–Crippen LogP) is 10.2. The zero-order valence-corrected chi connectivity index (χ0v) is 35.6. The Morgan fingerprint density at radius 3 is 1.37 bits per heavy atom. The van der Waals surface area contributed by atoms with Crippen LogP contribution in [0.25, 0.3) is 12.2 Å². The molecule has 0 aromatic heterocycles. The van der Waals surface area contributed by atoms with E-state index >= 15 is 0 Å². The second-order valence-corrected chi connectivity index (χ2v) is 14.9. The van der Waals surface area contributed by atoms with Crippen LogP contribution in [0, 0.1) is 10.1 Å². The van der Waals surface area contributed by atoms with Crippen molar-refractivity contribution in [1.82, 2.24) is 0 Å². The third-order valence-corrected chi connectivity index (χ3v) is 9.76. The second-order valence-electron chi connectivity index (χ2n) is 14.9. The zero-order valence-electron chi connectivity index (χ0n) is 35.6. The van der Waals surface area contributed by atoms with Crippen LogP contribution in [0.2, 0.25) is 0 Å². The number of ketones is 2. The molecular formula is C49H41F6NO12. The SMILES string of the molecule is O=C(/C=C/c1ccc(OC(=O)c2ccc(OCCCC(F)(F)F)cc2)cc1)CC(c1ccc([N+](=O)[O-])cc1)C(O)(O)C(=O)/C=C/c1ccc(OC(=O)c2ccc(OCCCC(F)(F)F)cc2)cc1. The number of allylic oxidation sites excluding steroid dienone is 1. The van der Waals surface area contributed by atoms with Gasteiger partial charge in [0.15, 0.2) is 5.78 Å². The Bertz CT molecular complexity index is 2570. The molecule has 0 radical (unpaired) electrons. The molecule has 1 atom stereocenters. The van der Waals surface area contributed by atoms with E-state index in [2.05, 4.69) is 0 Å². The van der Waals surface area contributed by atoms with Crippen molar-refractivity contribution in [3.8, 4) is 23.0 Å². The number of carbonyl (C=O) groups is 4. The lowest BCUT2D eigenvalue weighted by molar-refractivity contribution is -0.384. The molecule has 356 valence electrons. The van der Waals surface area contributed by atoms with Crippen molar-refractivity contribution in [2.24, 2.45) is 0 Å². The number of rotatable bonds is 22. The van der Waals surface area contributed by atoms with Gasteiger partial charge in [-0.25, -0.2) is 9.59 Å². The summed E-state index contributed by atoms with van der Waals surface area (Å²) in [6, 6.07) is 27.3. The minimum Gasteiger partial charge on any atom is -0.494 e. The van der Waals surface area contributed by atoms with Gasteiger partial charge in [-0.2, -0.15) is 26.3 Å². The summed E-state index contributed by atoms with van der Waals surface area (Å²) in [5.74, 6) is -7.45.